The number of pyridine rings is 1. The lowest BCUT2D eigenvalue weighted by molar-refractivity contribution is 0.481. The van der Waals surface area contributed by atoms with Gasteiger partial charge in [0.2, 0.25) is 0 Å². The van der Waals surface area contributed by atoms with E-state index in [1.165, 1.54) is 12.1 Å². The highest BCUT2D eigenvalue weighted by atomic mass is 19.1. The molecule has 0 spiro atoms. The van der Waals surface area contributed by atoms with Gasteiger partial charge in [0, 0.05) is 12.3 Å². The summed E-state index contributed by atoms with van der Waals surface area (Å²) >= 11 is 0. The van der Waals surface area contributed by atoms with Crippen molar-refractivity contribution < 1.29 is 9.13 Å². The third kappa shape index (κ3) is 2.76. The van der Waals surface area contributed by atoms with Crippen LogP contribution in [0.4, 0.5) is 4.39 Å². The number of rotatable bonds is 3. The van der Waals surface area contributed by atoms with Crippen molar-refractivity contribution in [2.24, 2.45) is 0 Å². The summed E-state index contributed by atoms with van der Waals surface area (Å²) in [4.78, 5) is 12.0. The Kier molecular flexibility index (Phi) is 3.24. The molecule has 0 aliphatic carbocycles. The Morgan fingerprint density at radius 2 is 1.74 bits per heavy atom. The van der Waals surface area contributed by atoms with Crippen molar-refractivity contribution in [2.75, 3.05) is 0 Å². The zero-order valence-corrected chi connectivity index (χ0v) is 12.0. The number of H-pyrrole nitrogens is 1. The topological polar surface area (TPSA) is 50.8 Å². The van der Waals surface area contributed by atoms with E-state index >= 15 is 0 Å². The average Bonchev–Trinajstić information content (AvgIpc) is 3.01. The summed E-state index contributed by atoms with van der Waals surface area (Å²) < 4.78 is 18.6. The molecule has 0 atom stereocenters. The van der Waals surface area contributed by atoms with Gasteiger partial charge in [-0.2, -0.15) is 0 Å². The predicted octanol–water partition coefficient (Wildman–Crippen LogP) is 4.56. The zero-order chi connectivity index (χ0) is 15.6. The van der Waals surface area contributed by atoms with Crippen molar-refractivity contribution in [3.05, 3.63) is 72.7 Å². The fourth-order valence-corrected chi connectivity index (χ4v) is 2.32. The molecule has 0 aliphatic rings. The molecule has 1 N–H and O–H groups in total. The third-order valence-corrected chi connectivity index (χ3v) is 3.41. The number of imidazole rings is 1. The molecule has 0 bridgehead atoms. The molecule has 0 saturated heterocycles. The van der Waals surface area contributed by atoms with Crippen molar-refractivity contribution in [1.82, 2.24) is 15.0 Å². The summed E-state index contributed by atoms with van der Waals surface area (Å²) in [6, 6.07) is 17.1. The first-order valence-corrected chi connectivity index (χ1v) is 7.12. The van der Waals surface area contributed by atoms with Crippen LogP contribution in [-0.2, 0) is 0 Å². The molecule has 0 aliphatic heterocycles. The SMILES string of the molecule is Fc1ccc(Oc2ccc3nc(-c4ccccn4)[nH]c3c2)cc1. The smallest absolute Gasteiger partial charge is 0.157 e. The van der Waals surface area contributed by atoms with Crippen LogP contribution in [0.25, 0.3) is 22.6 Å². The van der Waals surface area contributed by atoms with E-state index in [1.54, 1.807) is 18.3 Å². The number of ether oxygens (including phenoxy) is 1. The normalized spacial score (nSPS) is 10.8. The summed E-state index contributed by atoms with van der Waals surface area (Å²) in [6.45, 7) is 0. The highest BCUT2D eigenvalue weighted by Gasteiger charge is 2.07. The first-order valence-electron chi connectivity index (χ1n) is 7.12. The van der Waals surface area contributed by atoms with E-state index in [2.05, 4.69) is 15.0 Å². The van der Waals surface area contributed by atoms with Gasteiger partial charge in [0.15, 0.2) is 5.82 Å². The number of hydrogen-bond donors (Lipinski definition) is 1. The van der Waals surface area contributed by atoms with E-state index in [-0.39, 0.29) is 5.82 Å². The van der Waals surface area contributed by atoms with Crippen LogP contribution >= 0.6 is 0 Å². The number of aromatic nitrogens is 3. The number of aromatic amines is 1. The number of benzene rings is 2. The number of nitrogens with one attached hydrogen (secondary N) is 1. The summed E-state index contributed by atoms with van der Waals surface area (Å²) in [5.74, 6) is 1.65. The molecular weight excluding hydrogens is 293 g/mol. The van der Waals surface area contributed by atoms with E-state index < -0.39 is 0 Å². The number of nitrogens with zero attached hydrogens (tertiary/aromatic N) is 2. The van der Waals surface area contributed by atoms with Crippen molar-refractivity contribution in [2.45, 2.75) is 0 Å². The van der Waals surface area contributed by atoms with Crippen LogP contribution in [0.15, 0.2) is 66.9 Å². The Labute approximate surface area is 131 Å². The predicted molar refractivity (Wildman–Crippen MR) is 85.8 cm³/mol. The van der Waals surface area contributed by atoms with E-state index in [9.17, 15) is 4.39 Å². The second kappa shape index (κ2) is 5.53. The monoisotopic (exact) mass is 305 g/mol. The van der Waals surface area contributed by atoms with Crippen molar-refractivity contribution in [3.8, 4) is 23.0 Å². The van der Waals surface area contributed by atoms with Crippen LogP contribution in [0, 0.1) is 5.82 Å². The van der Waals surface area contributed by atoms with Crippen molar-refractivity contribution >= 4 is 11.0 Å². The van der Waals surface area contributed by atoms with Crippen LogP contribution < -0.4 is 4.74 Å². The van der Waals surface area contributed by atoms with E-state index in [1.807, 2.05) is 36.4 Å². The Morgan fingerprint density at radius 3 is 2.52 bits per heavy atom. The molecule has 0 saturated carbocycles. The van der Waals surface area contributed by atoms with Gasteiger partial charge in [-0.25, -0.2) is 9.37 Å². The maximum absolute atomic E-state index is 12.9. The summed E-state index contributed by atoms with van der Waals surface area (Å²) in [5, 5.41) is 0. The Bertz CT molecular complexity index is 949. The van der Waals surface area contributed by atoms with Crippen LogP contribution in [-0.4, -0.2) is 15.0 Å². The number of fused-ring (bicyclic) bond motifs is 1. The van der Waals surface area contributed by atoms with Gasteiger partial charge in [-0.1, -0.05) is 6.07 Å². The molecule has 5 heteroatoms. The molecule has 2 aromatic carbocycles. The van der Waals surface area contributed by atoms with Crippen LogP contribution in [0.5, 0.6) is 11.5 Å². The molecule has 2 aromatic heterocycles. The highest BCUT2D eigenvalue weighted by Crippen LogP contribution is 2.26. The van der Waals surface area contributed by atoms with Crippen LogP contribution in [0.3, 0.4) is 0 Å². The summed E-state index contributed by atoms with van der Waals surface area (Å²) in [5.41, 5.74) is 2.46. The van der Waals surface area contributed by atoms with Gasteiger partial charge in [-0.3, -0.25) is 4.98 Å². The zero-order valence-electron chi connectivity index (χ0n) is 12.0. The molecular formula is C18H12FN3O. The second-order valence-corrected chi connectivity index (χ2v) is 5.04. The van der Waals surface area contributed by atoms with Gasteiger partial charge in [-0.05, 0) is 48.5 Å². The van der Waals surface area contributed by atoms with Crippen LogP contribution in [0.2, 0.25) is 0 Å². The minimum absolute atomic E-state index is 0.290. The average molecular weight is 305 g/mol. The van der Waals surface area contributed by atoms with E-state index in [0.29, 0.717) is 17.3 Å². The van der Waals surface area contributed by atoms with Crippen LogP contribution in [0.1, 0.15) is 0 Å². The van der Waals surface area contributed by atoms with Gasteiger partial charge in [0.05, 0.1) is 11.0 Å². The first-order chi connectivity index (χ1) is 11.3. The lowest BCUT2D eigenvalue weighted by atomic mass is 10.3. The maximum Gasteiger partial charge on any atom is 0.157 e. The molecule has 112 valence electrons. The Balaban J connectivity index is 1.66. The molecule has 0 amide bonds. The fraction of sp³-hybridized carbons (Fsp3) is 0. The maximum atomic E-state index is 12.9. The molecule has 4 aromatic rings. The van der Waals surface area contributed by atoms with Crippen molar-refractivity contribution in [3.63, 3.8) is 0 Å². The van der Waals surface area contributed by atoms with Gasteiger partial charge in [0.25, 0.3) is 0 Å². The summed E-state index contributed by atoms with van der Waals surface area (Å²) in [7, 11) is 0. The lowest BCUT2D eigenvalue weighted by Crippen LogP contribution is -1.84. The molecule has 0 fully saturated rings. The largest absolute Gasteiger partial charge is 0.457 e. The molecule has 4 rings (SSSR count). The van der Waals surface area contributed by atoms with E-state index in [0.717, 1.165) is 16.7 Å². The highest BCUT2D eigenvalue weighted by molar-refractivity contribution is 5.80. The second-order valence-electron chi connectivity index (χ2n) is 5.04. The standard InChI is InChI=1S/C18H12FN3O/c19-12-4-6-13(7-5-12)23-14-8-9-15-17(11-14)22-18(21-15)16-3-1-2-10-20-16/h1-11H,(H,21,22). The minimum atomic E-state index is -0.290. The van der Waals surface area contributed by atoms with Gasteiger partial charge in [0.1, 0.15) is 23.0 Å². The molecule has 0 unspecified atom stereocenters. The molecule has 23 heavy (non-hydrogen) atoms. The van der Waals surface area contributed by atoms with Gasteiger partial charge < -0.3 is 9.72 Å². The quantitative estimate of drug-likeness (QED) is 0.604. The number of hydrogen-bond acceptors (Lipinski definition) is 3. The van der Waals surface area contributed by atoms with Gasteiger partial charge in [-0.15, -0.1) is 0 Å². The first kappa shape index (κ1) is 13.5. The Morgan fingerprint density at radius 1 is 0.913 bits per heavy atom. The number of halogens is 1. The fourth-order valence-electron chi connectivity index (χ4n) is 2.32. The summed E-state index contributed by atoms with van der Waals surface area (Å²) in [6.07, 6.45) is 1.73. The third-order valence-electron chi connectivity index (χ3n) is 3.41. The van der Waals surface area contributed by atoms with E-state index in [4.69, 9.17) is 4.74 Å². The van der Waals surface area contributed by atoms with Crippen molar-refractivity contribution in [1.29, 1.82) is 0 Å². The molecule has 4 nitrogen and oxygen atoms in total. The molecule has 2 heterocycles. The van der Waals surface area contributed by atoms with Gasteiger partial charge >= 0.3 is 0 Å². The Hall–Kier alpha value is -3.21. The minimum Gasteiger partial charge on any atom is -0.457 e. The lowest BCUT2D eigenvalue weighted by Gasteiger charge is -2.05. The molecule has 0 radical (unpaired) electrons.